The molecule has 0 aliphatic carbocycles. The number of aryl methyl sites for hydroxylation is 2. The third-order valence-electron chi connectivity index (χ3n) is 3.22. The molecule has 1 heterocycles. The molecule has 3 nitrogen and oxygen atoms in total. The molecule has 1 aromatic carbocycles. The van der Waals surface area contributed by atoms with Gasteiger partial charge in [-0.3, -0.25) is 0 Å². The molecule has 20 heavy (non-hydrogen) atoms. The number of aromatic nitrogens is 2. The highest BCUT2D eigenvalue weighted by atomic mass is 35.5. The van der Waals surface area contributed by atoms with Gasteiger partial charge >= 0.3 is 0 Å². The number of halogens is 1. The van der Waals surface area contributed by atoms with E-state index < -0.39 is 0 Å². The Labute approximate surface area is 125 Å². The Morgan fingerprint density at radius 2 is 1.90 bits per heavy atom. The summed E-state index contributed by atoms with van der Waals surface area (Å²) in [4.78, 5) is 0. The quantitative estimate of drug-likeness (QED) is 0.896. The molecule has 2 N–H and O–H groups in total. The molecular weight excluding hydrogens is 270 g/mol. The van der Waals surface area contributed by atoms with Crippen LogP contribution in [0.3, 0.4) is 0 Å². The number of anilines is 1. The molecule has 1 aromatic heterocycles. The van der Waals surface area contributed by atoms with E-state index in [4.69, 9.17) is 17.3 Å². The van der Waals surface area contributed by atoms with E-state index in [0.717, 1.165) is 23.4 Å². The van der Waals surface area contributed by atoms with Crippen molar-refractivity contribution in [3.05, 3.63) is 40.0 Å². The standard InChI is InChI=1S/C16H22ClN3/c1-10-6-7-11(2)13(8-10)20-15(18)14(17)12(19-20)9-16(3,4)5/h6-8H,9,18H2,1-5H3. The summed E-state index contributed by atoms with van der Waals surface area (Å²) in [5, 5.41) is 5.20. The van der Waals surface area contributed by atoms with E-state index in [0.29, 0.717) is 10.8 Å². The number of hydrogen-bond acceptors (Lipinski definition) is 2. The average Bonchev–Trinajstić information content (AvgIpc) is 2.59. The van der Waals surface area contributed by atoms with Gasteiger partial charge in [-0.1, -0.05) is 44.5 Å². The fraction of sp³-hybridized carbons (Fsp3) is 0.438. The van der Waals surface area contributed by atoms with Gasteiger partial charge < -0.3 is 5.73 Å². The predicted molar refractivity (Wildman–Crippen MR) is 85.6 cm³/mol. The van der Waals surface area contributed by atoms with E-state index in [-0.39, 0.29) is 5.41 Å². The largest absolute Gasteiger partial charge is 0.382 e. The number of nitrogens with zero attached hydrogens (tertiary/aromatic N) is 2. The molecule has 0 fully saturated rings. The zero-order valence-corrected chi connectivity index (χ0v) is 13.5. The molecule has 0 spiro atoms. The Morgan fingerprint density at radius 1 is 1.25 bits per heavy atom. The van der Waals surface area contributed by atoms with Gasteiger partial charge in [0.2, 0.25) is 0 Å². The molecule has 0 aliphatic heterocycles. The molecule has 0 atom stereocenters. The maximum absolute atomic E-state index is 6.35. The van der Waals surface area contributed by atoms with Gasteiger partial charge in [-0.15, -0.1) is 0 Å². The number of benzene rings is 1. The van der Waals surface area contributed by atoms with Crippen molar-refractivity contribution in [3.8, 4) is 5.69 Å². The molecule has 0 aliphatic rings. The van der Waals surface area contributed by atoms with Crippen LogP contribution in [0.2, 0.25) is 5.02 Å². The maximum Gasteiger partial charge on any atom is 0.146 e. The molecule has 0 amide bonds. The topological polar surface area (TPSA) is 43.8 Å². The molecule has 0 radical (unpaired) electrons. The van der Waals surface area contributed by atoms with Crippen LogP contribution in [0.5, 0.6) is 0 Å². The van der Waals surface area contributed by atoms with Gasteiger partial charge in [-0.25, -0.2) is 4.68 Å². The fourth-order valence-corrected chi connectivity index (χ4v) is 2.39. The molecule has 0 saturated carbocycles. The van der Waals surface area contributed by atoms with Crippen molar-refractivity contribution in [2.45, 2.75) is 41.0 Å². The van der Waals surface area contributed by atoms with Crippen LogP contribution in [0.25, 0.3) is 5.69 Å². The van der Waals surface area contributed by atoms with Crippen molar-refractivity contribution in [1.82, 2.24) is 9.78 Å². The Bertz CT molecular complexity index is 636. The normalized spacial score (nSPS) is 11.9. The molecule has 4 heteroatoms. The Morgan fingerprint density at radius 3 is 2.50 bits per heavy atom. The summed E-state index contributed by atoms with van der Waals surface area (Å²) >= 11 is 6.35. The molecule has 108 valence electrons. The summed E-state index contributed by atoms with van der Waals surface area (Å²) in [6.07, 6.45) is 0.800. The molecule has 0 saturated heterocycles. The minimum absolute atomic E-state index is 0.122. The van der Waals surface area contributed by atoms with E-state index in [1.54, 1.807) is 4.68 Å². The molecular formula is C16H22ClN3. The van der Waals surface area contributed by atoms with Crippen LogP contribution in [-0.2, 0) is 6.42 Å². The SMILES string of the molecule is Cc1ccc(C)c(-n2nc(CC(C)(C)C)c(Cl)c2N)c1. The lowest BCUT2D eigenvalue weighted by molar-refractivity contribution is 0.405. The molecule has 2 rings (SSSR count). The summed E-state index contributed by atoms with van der Waals surface area (Å²) in [5.74, 6) is 0.514. The lowest BCUT2D eigenvalue weighted by Gasteiger charge is -2.16. The predicted octanol–water partition coefficient (Wildman–Crippen LogP) is 4.31. The zero-order chi connectivity index (χ0) is 15.1. The Balaban J connectivity index is 2.53. The van der Waals surface area contributed by atoms with Crippen molar-refractivity contribution in [2.75, 3.05) is 5.73 Å². The first-order chi connectivity index (χ1) is 9.19. The van der Waals surface area contributed by atoms with Crippen LogP contribution >= 0.6 is 11.6 Å². The summed E-state index contributed by atoms with van der Waals surface area (Å²) in [7, 11) is 0. The molecule has 0 unspecified atom stereocenters. The second kappa shape index (κ2) is 5.13. The van der Waals surface area contributed by atoms with Gasteiger partial charge in [0, 0.05) is 0 Å². The number of hydrogen-bond donors (Lipinski definition) is 1. The van der Waals surface area contributed by atoms with Gasteiger partial charge in [-0.05, 0) is 42.9 Å². The Hall–Kier alpha value is -1.48. The first-order valence-corrected chi connectivity index (χ1v) is 7.17. The van der Waals surface area contributed by atoms with Crippen LogP contribution in [0.4, 0.5) is 5.82 Å². The van der Waals surface area contributed by atoms with Crippen LogP contribution in [0.15, 0.2) is 18.2 Å². The molecule has 0 bridgehead atoms. The van der Waals surface area contributed by atoms with E-state index >= 15 is 0 Å². The number of rotatable bonds is 2. The fourth-order valence-electron chi connectivity index (χ4n) is 2.21. The van der Waals surface area contributed by atoms with E-state index in [1.807, 2.05) is 6.92 Å². The van der Waals surface area contributed by atoms with Crippen molar-refractivity contribution in [1.29, 1.82) is 0 Å². The van der Waals surface area contributed by atoms with Crippen molar-refractivity contribution >= 4 is 17.4 Å². The van der Waals surface area contributed by atoms with E-state index in [1.165, 1.54) is 5.56 Å². The van der Waals surface area contributed by atoms with Gasteiger partial charge in [0.1, 0.15) is 10.8 Å². The van der Waals surface area contributed by atoms with Crippen LogP contribution in [0.1, 0.15) is 37.6 Å². The minimum atomic E-state index is 0.122. The third-order valence-corrected chi connectivity index (χ3v) is 3.63. The lowest BCUT2D eigenvalue weighted by atomic mass is 9.91. The van der Waals surface area contributed by atoms with E-state index in [2.05, 4.69) is 51.0 Å². The first kappa shape index (κ1) is 14.9. The monoisotopic (exact) mass is 291 g/mol. The highest BCUT2D eigenvalue weighted by Crippen LogP contribution is 2.31. The van der Waals surface area contributed by atoms with Crippen molar-refractivity contribution in [2.24, 2.45) is 5.41 Å². The zero-order valence-electron chi connectivity index (χ0n) is 12.8. The second-order valence-corrected chi connectivity index (χ2v) is 6.96. The average molecular weight is 292 g/mol. The van der Waals surface area contributed by atoms with Gasteiger partial charge in [0.25, 0.3) is 0 Å². The second-order valence-electron chi connectivity index (χ2n) is 6.59. The summed E-state index contributed by atoms with van der Waals surface area (Å²) in [6, 6.07) is 6.23. The summed E-state index contributed by atoms with van der Waals surface area (Å²) in [6.45, 7) is 10.6. The third kappa shape index (κ3) is 2.98. The smallest absolute Gasteiger partial charge is 0.146 e. The Kier molecular flexibility index (Phi) is 3.83. The van der Waals surface area contributed by atoms with Gasteiger partial charge in [-0.2, -0.15) is 5.10 Å². The van der Waals surface area contributed by atoms with E-state index in [9.17, 15) is 0 Å². The minimum Gasteiger partial charge on any atom is -0.382 e. The maximum atomic E-state index is 6.35. The number of nitrogen functional groups attached to an aromatic ring is 1. The molecule has 2 aromatic rings. The highest BCUT2D eigenvalue weighted by molar-refractivity contribution is 6.33. The summed E-state index contributed by atoms with van der Waals surface area (Å²) < 4.78 is 1.76. The summed E-state index contributed by atoms with van der Waals surface area (Å²) in [5.41, 5.74) is 10.4. The van der Waals surface area contributed by atoms with Crippen molar-refractivity contribution in [3.63, 3.8) is 0 Å². The van der Waals surface area contributed by atoms with Crippen molar-refractivity contribution < 1.29 is 0 Å². The van der Waals surface area contributed by atoms with Gasteiger partial charge in [0.15, 0.2) is 0 Å². The van der Waals surface area contributed by atoms with Crippen LogP contribution in [0, 0.1) is 19.3 Å². The lowest BCUT2D eigenvalue weighted by Crippen LogP contribution is -2.10. The van der Waals surface area contributed by atoms with Crippen LogP contribution < -0.4 is 5.73 Å². The van der Waals surface area contributed by atoms with Crippen LogP contribution in [-0.4, -0.2) is 9.78 Å². The first-order valence-electron chi connectivity index (χ1n) is 6.79. The highest BCUT2D eigenvalue weighted by Gasteiger charge is 2.21. The van der Waals surface area contributed by atoms with Gasteiger partial charge in [0.05, 0.1) is 11.4 Å². The number of nitrogens with two attached hydrogens (primary N) is 1.